The molecular formula is C12H15N3O2S. The van der Waals surface area contributed by atoms with Gasteiger partial charge in [0.15, 0.2) is 4.96 Å². The molecule has 0 bridgehead atoms. The van der Waals surface area contributed by atoms with Gasteiger partial charge in [0.05, 0.1) is 18.5 Å². The van der Waals surface area contributed by atoms with Gasteiger partial charge in [-0.15, -0.1) is 11.3 Å². The van der Waals surface area contributed by atoms with Crippen molar-refractivity contribution in [2.24, 2.45) is 0 Å². The van der Waals surface area contributed by atoms with Gasteiger partial charge >= 0.3 is 0 Å². The van der Waals surface area contributed by atoms with Crippen molar-refractivity contribution in [3.05, 3.63) is 28.5 Å². The van der Waals surface area contributed by atoms with Crippen molar-refractivity contribution in [2.75, 3.05) is 14.2 Å². The number of carbonyl (C=O) groups is 1. The predicted octanol–water partition coefficient (Wildman–Crippen LogP) is 2.05. The highest BCUT2D eigenvalue weighted by Crippen LogP contribution is 2.21. The van der Waals surface area contributed by atoms with E-state index in [0.29, 0.717) is 0 Å². The molecule has 0 fully saturated rings. The summed E-state index contributed by atoms with van der Waals surface area (Å²) in [6.07, 6.45) is 5.26. The number of aryl methyl sites for hydroxylation is 2. The third-order valence-electron chi connectivity index (χ3n) is 2.63. The number of hydroxylamine groups is 2. The fraction of sp³-hybridized carbons (Fsp3) is 0.333. The van der Waals surface area contributed by atoms with Crippen molar-refractivity contribution in [1.82, 2.24) is 14.4 Å². The first kappa shape index (κ1) is 12.8. The van der Waals surface area contributed by atoms with Crippen molar-refractivity contribution in [3.63, 3.8) is 0 Å². The summed E-state index contributed by atoms with van der Waals surface area (Å²) in [4.78, 5) is 23.0. The Labute approximate surface area is 109 Å². The van der Waals surface area contributed by atoms with Crippen LogP contribution < -0.4 is 0 Å². The highest BCUT2D eigenvalue weighted by molar-refractivity contribution is 7.17. The number of imidazole rings is 1. The number of thiazole rings is 1. The maximum atomic E-state index is 11.6. The minimum absolute atomic E-state index is 0.209. The fourth-order valence-electron chi connectivity index (χ4n) is 1.63. The van der Waals surface area contributed by atoms with Crippen molar-refractivity contribution in [3.8, 4) is 0 Å². The lowest BCUT2D eigenvalue weighted by Crippen LogP contribution is -2.23. The molecule has 2 heterocycles. The zero-order valence-corrected chi connectivity index (χ0v) is 11.6. The van der Waals surface area contributed by atoms with E-state index in [1.54, 1.807) is 24.5 Å². The Bertz CT molecular complexity index is 612. The van der Waals surface area contributed by atoms with Gasteiger partial charge in [-0.1, -0.05) is 0 Å². The molecule has 0 atom stereocenters. The average Bonchev–Trinajstić information content (AvgIpc) is 2.80. The number of hydrogen-bond donors (Lipinski definition) is 0. The molecular weight excluding hydrogens is 250 g/mol. The summed E-state index contributed by atoms with van der Waals surface area (Å²) in [6, 6.07) is 0. The first-order valence-electron chi connectivity index (χ1n) is 5.48. The predicted molar refractivity (Wildman–Crippen MR) is 71.4 cm³/mol. The summed E-state index contributed by atoms with van der Waals surface area (Å²) in [7, 11) is 3.02. The lowest BCUT2D eigenvalue weighted by atomic mass is 10.3. The molecule has 0 radical (unpaired) electrons. The quantitative estimate of drug-likeness (QED) is 0.630. The molecule has 0 saturated heterocycles. The number of amides is 1. The van der Waals surface area contributed by atoms with Gasteiger partial charge in [0.1, 0.15) is 0 Å². The van der Waals surface area contributed by atoms with E-state index >= 15 is 0 Å². The molecule has 0 N–H and O–H groups in total. The number of hydrogen-bond acceptors (Lipinski definition) is 4. The molecule has 0 aromatic carbocycles. The smallest absolute Gasteiger partial charge is 0.269 e. The second-order valence-electron chi connectivity index (χ2n) is 3.93. The number of rotatable bonds is 3. The fourth-order valence-corrected chi connectivity index (χ4v) is 2.51. The Morgan fingerprint density at radius 3 is 2.94 bits per heavy atom. The summed E-state index contributed by atoms with van der Waals surface area (Å²) < 4.78 is 1.99. The molecule has 0 spiro atoms. The molecule has 96 valence electrons. The van der Waals surface area contributed by atoms with E-state index in [0.717, 1.165) is 16.3 Å². The van der Waals surface area contributed by atoms with Gasteiger partial charge in [0.2, 0.25) is 0 Å². The minimum atomic E-state index is -0.209. The van der Waals surface area contributed by atoms with Crippen molar-refractivity contribution in [2.45, 2.75) is 13.8 Å². The summed E-state index contributed by atoms with van der Waals surface area (Å²) in [6.45, 7) is 3.96. The standard InChI is InChI=1S/C12H15N3O2S/c1-8-7-15-10(9(2)13-12(15)18-8)5-6-11(16)14(3)17-4/h5-7H,1-4H3. The van der Waals surface area contributed by atoms with Crippen LogP contribution in [0.25, 0.3) is 11.0 Å². The largest absolute Gasteiger partial charge is 0.290 e. The average molecular weight is 265 g/mol. The molecule has 1 amide bonds. The van der Waals surface area contributed by atoms with Gasteiger partial charge in [0, 0.05) is 24.2 Å². The number of aromatic nitrogens is 2. The Morgan fingerprint density at radius 1 is 1.56 bits per heavy atom. The highest BCUT2D eigenvalue weighted by atomic mass is 32.1. The van der Waals surface area contributed by atoms with Gasteiger partial charge in [-0.05, 0) is 19.9 Å². The second-order valence-corrected chi connectivity index (χ2v) is 5.14. The summed E-state index contributed by atoms with van der Waals surface area (Å²) >= 11 is 1.63. The van der Waals surface area contributed by atoms with Crippen LogP contribution in [0, 0.1) is 13.8 Å². The lowest BCUT2D eigenvalue weighted by Gasteiger charge is -2.09. The van der Waals surface area contributed by atoms with Gasteiger partial charge in [-0.2, -0.15) is 0 Å². The Balaban J connectivity index is 2.33. The maximum Gasteiger partial charge on any atom is 0.269 e. The normalized spacial score (nSPS) is 11.6. The minimum Gasteiger partial charge on any atom is -0.290 e. The molecule has 6 heteroatoms. The number of carbonyl (C=O) groups excluding carboxylic acids is 1. The van der Waals surface area contributed by atoms with Crippen molar-refractivity contribution < 1.29 is 9.63 Å². The van der Waals surface area contributed by atoms with Crippen molar-refractivity contribution in [1.29, 1.82) is 0 Å². The molecule has 2 aromatic rings. The highest BCUT2D eigenvalue weighted by Gasteiger charge is 2.09. The van der Waals surface area contributed by atoms with Crippen LogP contribution in [0.5, 0.6) is 0 Å². The topological polar surface area (TPSA) is 46.8 Å². The van der Waals surface area contributed by atoms with Crippen LogP contribution >= 0.6 is 11.3 Å². The Hall–Kier alpha value is -1.66. The number of likely N-dealkylation sites (N-methyl/N-ethyl adjacent to an activating group) is 1. The zero-order chi connectivity index (χ0) is 13.3. The van der Waals surface area contributed by atoms with E-state index < -0.39 is 0 Å². The molecule has 0 aliphatic heterocycles. The van der Waals surface area contributed by atoms with Crippen LogP contribution in [0.15, 0.2) is 12.3 Å². The summed E-state index contributed by atoms with van der Waals surface area (Å²) in [5.74, 6) is -0.209. The van der Waals surface area contributed by atoms with Crippen molar-refractivity contribution >= 4 is 28.3 Å². The first-order chi connectivity index (χ1) is 8.52. The molecule has 2 aromatic heterocycles. The number of nitrogens with zero attached hydrogens (tertiary/aromatic N) is 3. The van der Waals surface area contributed by atoms with E-state index in [1.807, 2.05) is 24.4 Å². The molecule has 0 aliphatic carbocycles. The van der Waals surface area contributed by atoms with E-state index in [4.69, 9.17) is 4.84 Å². The van der Waals surface area contributed by atoms with Gasteiger partial charge in [-0.25, -0.2) is 10.0 Å². The van der Waals surface area contributed by atoms with Crippen LogP contribution in [-0.4, -0.2) is 34.5 Å². The zero-order valence-electron chi connectivity index (χ0n) is 10.8. The Morgan fingerprint density at radius 2 is 2.28 bits per heavy atom. The van der Waals surface area contributed by atoms with E-state index in [9.17, 15) is 4.79 Å². The summed E-state index contributed by atoms with van der Waals surface area (Å²) in [5, 5.41) is 1.17. The number of fused-ring (bicyclic) bond motifs is 1. The van der Waals surface area contributed by atoms with Gasteiger partial charge in [0.25, 0.3) is 5.91 Å². The molecule has 0 unspecified atom stereocenters. The van der Waals surface area contributed by atoms with Crippen LogP contribution in [0.1, 0.15) is 16.3 Å². The molecule has 2 rings (SSSR count). The van der Waals surface area contributed by atoms with E-state index in [2.05, 4.69) is 4.98 Å². The molecule has 5 nitrogen and oxygen atoms in total. The van der Waals surface area contributed by atoms with E-state index in [1.165, 1.54) is 23.1 Å². The van der Waals surface area contributed by atoms with Crippen LogP contribution in [0.2, 0.25) is 0 Å². The first-order valence-corrected chi connectivity index (χ1v) is 6.29. The molecule has 0 aliphatic rings. The van der Waals surface area contributed by atoms with Crippen LogP contribution in [-0.2, 0) is 9.63 Å². The lowest BCUT2D eigenvalue weighted by molar-refractivity contribution is -0.162. The van der Waals surface area contributed by atoms with Crippen LogP contribution in [0.4, 0.5) is 0 Å². The monoisotopic (exact) mass is 265 g/mol. The third kappa shape index (κ3) is 2.30. The second kappa shape index (κ2) is 4.91. The van der Waals surface area contributed by atoms with E-state index in [-0.39, 0.29) is 5.91 Å². The third-order valence-corrected chi connectivity index (χ3v) is 3.53. The van der Waals surface area contributed by atoms with Gasteiger partial charge in [-0.3, -0.25) is 14.0 Å². The SMILES string of the molecule is CON(C)C(=O)C=Cc1c(C)nc2sc(C)cn12. The maximum absolute atomic E-state index is 11.6. The summed E-state index contributed by atoms with van der Waals surface area (Å²) in [5.41, 5.74) is 1.83. The van der Waals surface area contributed by atoms with Crippen LogP contribution in [0.3, 0.4) is 0 Å². The molecule has 18 heavy (non-hydrogen) atoms. The molecule has 0 saturated carbocycles. The Kier molecular flexibility index (Phi) is 3.49. The van der Waals surface area contributed by atoms with Gasteiger partial charge < -0.3 is 0 Å².